The molecule has 0 aliphatic heterocycles. The number of aryl methyl sites for hydroxylation is 2. The quantitative estimate of drug-likeness (QED) is 0.915. The number of hydrogen-bond donors (Lipinski definition) is 1. The standard InChI is InChI=1S/C17H17FO3/c1-11-7-12(2)9-15(8-11)21-16(17(19)20)10-13-3-5-14(18)6-4-13/h3-9,16H,10H2,1-2H3,(H,19,20). The summed E-state index contributed by atoms with van der Waals surface area (Å²) < 4.78 is 18.4. The van der Waals surface area contributed by atoms with Gasteiger partial charge in [0.25, 0.3) is 0 Å². The SMILES string of the molecule is Cc1cc(C)cc(OC(Cc2ccc(F)cc2)C(=O)O)c1. The third kappa shape index (κ3) is 4.31. The molecule has 0 saturated carbocycles. The Morgan fingerprint density at radius 1 is 1.14 bits per heavy atom. The first-order chi connectivity index (χ1) is 9.94. The number of halogens is 1. The molecular formula is C17H17FO3. The van der Waals surface area contributed by atoms with E-state index in [9.17, 15) is 14.3 Å². The van der Waals surface area contributed by atoms with Gasteiger partial charge in [0.2, 0.25) is 0 Å². The summed E-state index contributed by atoms with van der Waals surface area (Å²) in [4.78, 5) is 11.3. The molecule has 2 aromatic carbocycles. The van der Waals surface area contributed by atoms with Crippen LogP contribution in [0.2, 0.25) is 0 Å². The molecule has 0 aromatic heterocycles. The van der Waals surface area contributed by atoms with Gasteiger partial charge < -0.3 is 9.84 Å². The third-order valence-electron chi connectivity index (χ3n) is 3.08. The lowest BCUT2D eigenvalue weighted by atomic mass is 10.1. The molecule has 2 rings (SSSR count). The van der Waals surface area contributed by atoms with Gasteiger partial charge in [-0.25, -0.2) is 9.18 Å². The zero-order valence-electron chi connectivity index (χ0n) is 12.0. The molecule has 0 saturated heterocycles. The van der Waals surface area contributed by atoms with Crippen molar-refractivity contribution in [1.82, 2.24) is 0 Å². The minimum absolute atomic E-state index is 0.183. The number of carboxylic acid groups (broad SMARTS) is 1. The van der Waals surface area contributed by atoms with Crippen LogP contribution in [0.15, 0.2) is 42.5 Å². The Morgan fingerprint density at radius 3 is 2.24 bits per heavy atom. The van der Waals surface area contributed by atoms with Crippen LogP contribution >= 0.6 is 0 Å². The van der Waals surface area contributed by atoms with Gasteiger partial charge in [0.05, 0.1) is 0 Å². The van der Waals surface area contributed by atoms with Crippen molar-refractivity contribution in [3.8, 4) is 5.75 Å². The van der Waals surface area contributed by atoms with Gasteiger partial charge >= 0.3 is 5.97 Å². The molecule has 0 aliphatic rings. The van der Waals surface area contributed by atoms with E-state index in [-0.39, 0.29) is 12.2 Å². The predicted molar refractivity (Wildman–Crippen MR) is 78.1 cm³/mol. The van der Waals surface area contributed by atoms with Crippen LogP contribution in [0.5, 0.6) is 5.75 Å². The van der Waals surface area contributed by atoms with Crippen molar-refractivity contribution in [2.45, 2.75) is 26.4 Å². The number of aliphatic carboxylic acids is 1. The fraction of sp³-hybridized carbons (Fsp3) is 0.235. The molecule has 4 heteroatoms. The Labute approximate surface area is 123 Å². The highest BCUT2D eigenvalue weighted by atomic mass is 19.1. The Hall–Kier alpha value is -2.36. The largest absolute Gasteiger partial charge is 0.478 e. The van der Waals surface area contributed by atoms with Crippen molar-refractivity contribution < 1.29 is 19.0 Å². The minimum Gasteiger partial charge on any atom is -0.478 e. The van der Waals surface area contributed by atoms with Gasteiger partial charge in [0.1, 0.15) is 11.6 Å². The van der Waals surface area contributed by atoms with E-state index in [2.05, 4.69) is 0 Å². The second kappa shape index (κ2) is 6.39. The summed E-state index contributed by atoms with van der Waals surface area (Å²) in [5.41, 5.74) is 2.74. The summed E-state index contributed by atoms with van der Waals surface area (Å²) in [5.74, 6) is -0.860. The van der Waals surface area contributed by atoms with E-state index in [0.717, 1.165) is 11.1 Å². The second-order valence-corrected chi connectivity index (χ2v) is 5.10. The van der Waals surface area contributed by atoms with Crippen LogP contribution in [-0.4, -0.2) is 17.2 Å². The first-order valence-electron chi connectivity index (χ1n) is 6.66. The lowest BCUT2D eigenvalue weighted by Crippen LogP contribution is -2.29. The molecule has 3 nitrogen and oxygen atoms in total. The number of ether oxygens (including phenoxy) is 1. The van der Waals surface area contributed by atoms with E-state index >= 15 is 0 Å². The molecule has 1 atom stereocenters. The monoisotopic (exact) mass is 288 g/mol. The maximum atomic E-state index is 12.9. The molecule has 0 bridgehead atoms. The first-order valence-corrected chi connectivity index (χ1v) is 6.66. The summed E-state index contributed by atoms with van der Waals surface area (Å²) in [6.07, 6.45) is -0.820. The van der Waals surface area contributed by atoms with Gasteiger partial charge in [-0.3, -0.25) is 0 Å². The highest BCUT2D eigenvalue weighted by Gasteiger charge is 2.20. The summed E-state index contributed by atoms with van der Waals surface area (Å²) >= 11 is 0. The van der Waals surface area contributed by atoms with Crippen LogP contribution in [0.3, 0.4) is 0 Å². The lowest BCUT2D eigenvalue weighted by molar-refractivity contribution is -0.145. The summed E-state index contributed by atoms with van der Waals surface area (Å²) in [7, 11) is 0. The van der Waals surface area contributed by atoms with E-state index in [0.29, 0.717) is 11.3 Å². The topological polar surface area (TPSA) is 46.5 Å². The van der Waals surface area contributed by atoms with Gasteiger partial charge in [-0.1, -0.05) is 18.2 Å². The maximum Gasteiger partial charge on any atom is 0.345 e. The molecule has 0 radical (unpaired) electrons. The predicted octanol–water partition coefficient (Wildman–Crippen LogP) is 3.52. The number of benzene rings is 2. The van der Waals surface area contributed by atoms with Crippen LogP contribution in [-0.2, 0) is 11.2 Å². The maximum absolute atomic E-state index is 12.9. The van der Waals surface area contributed by atoms with Crippen molar-refractivity contribution in [2.24, 2.45) is 0 Å². The smallest absolute Gasteiger partial charge is 0.345 e. The van der Waals surface area contributed by atoms with E-state index in [1.54, 1.807) is 24.3 Å². The third-order valence-corrected chi connectivity index (χ3v) is 3.08. The molecule has 0 fully saturated rings. The molecule has 21 heavy (non-hydrogen) atoms. The highest BCUT2D eigenvalue weighted by Crippen LogP contribution is 2.19. The molecule has 2 aromatic rings. The molecular weight excluding hydrogens is 271 g/mol. The number of rotatable bonds is 5. The van der Waals surface area contributed by atoms with Crippen molar-refractivity contribution >= 4 is 5.97 Å². The van der Waals surface area contributed by atoms with Crippen LogP contribution in [0.25, 0.3) is 0 Å². The normalized spacial score (nSPS) is 12.0. The number of hydrogen-bond acceptors (Lipinski definition) is 2. The fourth-order valence-corrected chi connectivity index (χ4v) is 2.18. The number of carbonyl (C=O) groups is 1. The van der Waals surface area contributed by atoms with Crippen LogP contribution in [0.1, 0.15) is 16.7 Å². The first kappa shape index (κ1) is 15.0. The van der Waals surface area contributed by atoms with E-state index in [4.69, 9.17) is 4.74 Å². The highest BCUT2D eigenvalue weighted by molar-refractivity contribution is 5.73. The minimum atomic E-state index is -1.04. The molecule has 0 spiro atoms. The zero-order valence-corrected chi connectivity index (χ0v) is 12.0. The average Bonchev–Trinajstić information content (AvgIpc) is 2.39. The van der Waals surface area contributed by atoms with E-state index in [1.807, 2.05) is 19.9 Å². The zero-order chi connectivity index (χ0) is 15.4. The van der Waals surface area contributed by atoms with Gasteiger partial charge in [-0.05, 0) is 54.8 Å². The Balaban J connectivity index is 2.15. The van der Waals surface area contributed by atoms with Crippen molar-refractivity contribution in [1.29, 1.82) is 0 Å². The van der Waals surface area contributed by atoms with Crippen molar-refractivity contribution in [3.63, 3.8) is 0 Å². The van der Waals surface area contributed by atoms with Crippen molar-refractivity contribution in [2.75, 3.05) is 0 Å². The summed E-state index contributed by atoms with van der Waals surface area (Å²) in [6.45, 7) is 3.85. The van der Waals surface area contributed by atoms with Crippen LogP contribution in [0, 0.1) is 19.7 Å². The molecule has 110 valence electrons. The molecule has 1 N–H and O–H groups in total. The molecule has 0 heterocycles. The van der Waals surface area contributed by atoms with Gasteiger partial charge in [0.15, 0.2) is 6.10 Å². The number of carboxylic acids is 1. The molecule has 1 unspecified atom stereocenters. The van der Waals surface area contributed by atoms with Gasteiger partial charge in [-0.15, -0.1) is 0 Å². The lowest BCUT2D eigenvalue weighted by Gasteiger charge is -2.16. The Kier molecular flexibility index (Phi) is 4.58. The average molecular weight is 288 g/mol. The second-order valence-electron chi connectivity index (χ2n) is 5.10. The Bertz CT molecular complexity index is 615. The summed E-state index contributed by atoms with van der Waals surface area (Å²) in [6, 6.07) is 11.3. The van der Waals surface area contributed by atoms with Gasteiger partial charge in [-0.2, -0.15) is 0 Å². The summed E-state index contributed by atoms with van der Waals surface area (Å²) in [5, 5.41) is 9.29. The van der Waals surface area contributed by atoms with Crippen molar-refractivity contribution in [3.05, 3.63) is 65.0 Å². The molecule has 0 amide bonds. The van der Waals surface area contributed by atoms with Gasteiger partial charge in [0, 0.05) is 6.42 Å². The van der Waals surface area contributed by atoms with Crippen LogP contribution in [0.4, 0.5) is 4.39 Å². The fourth-order valence-electron chi connectivity index (χ4n) is 2.18. The van der Waals surface area contributed by atoms with E-state index in [1.165, 1.54) is 12.1 Å². The van der Waals surface area contributed by atoms with E-state index < -0.39 is 12.1 Å². The van der Waals surface area contributed by atoms with Crippen LogP contribution < -0.4 is 4.74 Å². The molecule has 0 aliphatic carbocycles. The Morgan fingerprint density at radius 2 is 1.71 bits per heavy atom.